The number of nitro groups is 1. The predicted molar refractivity (Wildman–Crippen MR) is 123 cm³/mol. The van der Waals surface area contributed by atoms with Crippen LogP contribution in [0, 0.1) is 10.1 Å². The average molecular weight is 477 g/mol. The molecule has 0 spiro atoms. The molecule has 32 heavy (non-hydrogen) atoms. The van der Waals surface area contributed by atoms with Crippen molar-refractivity contribution in [2.45, 2.75) is 0 Å². The second kappa shape index (κ2) is 9.15. The standard InChI is InChI=1S/C21H18Cl2N4O5/c1-31-21(28)14-9-12(26-5-7-32-8-6-26)10-17(20(14)27(29)30)25-19-13-3-2-4-15(22)18(13)24-11-16(19)23/h2-4,9-11H,5-8H2,1H3,(H,24,25). The highest BCUT2D eigenvalue weighted by Crippen LogP contribution is 2.40. The third kappa shape index (κ3) is 4.14. The van der Waals surface area contributed by atoms with Gasteiger partial charge in [-0.05, 0) is 18.2 Å². The number of nitrogens with one attached hydrogen (secondary N) is 1. The Hall–Kier alpha value is -3.14. The first-order valence-electron chi connectivity index (χ1n) is 9.64. The van der Waals surface area contributed by atoms with Crippen molar-refractivity contribution in [1.82, 2.24) is 4.98 Å². The van der Waals surface area contributed by atoms with Gasteiger partial charge in [-0.25, -0.2) is 4.79 Å². The molecule has 0 atom stereocenters. The van der Waals surface area contributed by atoms with Gasteiger partial charge in [0.15, 0.2) is 0 Å². The number of esters is 1. The highest BCUT2D eigenvalue weighted by molar-refractivity contribution is 6.38. The van der Waals surface area contributed by atoms with E-state index in [1.807, 2.05) is 4.90 Å². The van der Waals surface area contributed by atoms with Crippen LogP contribution in [0.2, 0.25) is 10.0 Å². The van der Waals surface area contributed by atoms with Crippen LogP contribution in [0.1, 0.15) is 10.4 Å². The number of carbonyl (C=O) groups is 1. The minimum absolute atomic E-state index is 0.0915. The Morgan fingerprint density at radius 2 is 2.00 bits per heavy atom. The maximum atomic E-state index is 12.5. The fourth-order valence-electron chi connectivity index (χ4n) is 3.61. The van der Waals surface area contributed by atoms with Crippen LogP contribution < -0.4 is 10.2 Å². The number of aromatic nitrogens is 1. The second-order valence-electron chi connectivity index (χ2n) is 6.98. The zero-order valence-corrected chi connectivity index (χ0v) is 18.4. The van der Waals surface area contributed by atoms with Gasteiger partial charge in [-0.1, -0.05) is 35.3 Å². The summed E-state index contributed by atoms with van der Waals surface area (Å²) >= 11 is 12.7. The molecule has 1 aliphatic rings. The predicted octanol–water partition coefficient (Wildman–Crippen LogP) is 4.82. The van der Waals surface area contributed by atoms with Crippen LogP contribution in [-0.2, 0) is 9.47 Å². The number of para-hydroxylation sites is 1. The van der Waals surface area contributed by atoms with Crippen molar-refractivity contribution in [3.63, 3.8) is 0 Å². The van der Waals surface area contributed by atoms with Gasteiger partial charge < -0.3 is 19.7 Å². The molecule has 0 radical (unpaired) electrons. The van der Waals surface area contributed by atoms with Crippen LogP contribution in [0.5, 0.6) is 0 Å². The number of ether oxygens (including phenoxy) is 2. The molecule has 1 aliphatic heterocycles. The van der Waals surface area contributed by atoms with Crippen molar-refractivity contribution in [3.8, 4) is 0 Å². The number of carbonyl (C=O) groups excluding carboxylic acids is 1. The second-order valence-corrected chi connectivity index (χ2v) is 7.79. The number of halogens is 2. The molecule has 166 valence electrons. The molecule has 1 saturated heterocycles. The fourth-order valence-corrected chi connectivity index (χ4v) is 4.03. The van der Waals surface area contributed by atoms with E-state index in [9.17, 15) is 14.9 Å². The van der Waals surface area contributed by atoms with Crippen LogP contribution in [-0.4, -0.2) is 49.3 Å². The van der Waals surface area contributed by atoms with Crippen molar-refractivity contribution >= 4 is 62.8 Å². The summed E-state index contributed by atoms with van der Waals surface area (Å²) in [5.41, 5.74) is 0.995. The molecule has 1 fully saturated rings. The molecule has 0 bridgehead atoms. The zero-order chi connectivity index (χ0) is 22.8. The number of nitro benzene ring substituents is 1. The SMILES string of the molecule is COC(=O)c1cc(N2CCOCC2)cc(Nc2c(Cl)cnc3c(Cl)cccc23)c1[N+](=O)[O-]. The lowest BCUT2D eigenvalue weighted by Crippen LogP contribution is -2.36. The molecule has 1 aromatic heterocycles. The Kier molecular flexibility index (Phi) is 6.31. The zero-order valence-electron chi connectivity index (χ0n) is 16.9. The monoisotopic (exact) mass is 476 g/mol. The molecule has 4 rings (SSSR count). The van der Waals surface area contributed by atoms with E-state index in [-0.39, 0.29) is 16.3 Å². The first-order valence-corrected chi connectivity index (χ1v) is 10.4. The largest absolute Gasteiger partial charge is 0.465 e. The van der Waals surface area contributed by atoms with E-state index < -0.39 is 16.6 Å². The molecule has 0 aliphatic carbocycles. The Balaban J connectivity index is 1.92. The Labute approximate surface area is 193 Å². The van der Waals surface area contributed by atoms with Gasteiger partial charge in [0.2, 0.25) is 0 Å². The topological polar surface area (TPSA) is 107 Å². The normalized spacial score (nSPS) is 13.8. The van der Waals surface area contributed by atoms with Gasteiger partial charge in [0, 0.05) is 30.4 Å². The quantitative estimate of drug-likeness (QED) is 0.317. The van der Waals surface area contributed by atoms with Gasteiger partial charge in [0.1, 0.15) is 11.3 Å². The summed E-state index contributed by atoms with van der Waals surface area (Å²) in [6.07, 6.45) is 1.41. The van der Waals surface area contributed by atoms with E-state index >= 15 is 0 Å². The molecule has 11 heteroatoms. The van der Waals surface area contributed by atoms with Gasteiger partial charge >= 0.3 is 11.7 Å². The van der Waals surface area contributed by atoms with E-state index in [2.05, 4.69) is 10.3 Å². The van der Waals surface area contributed by atoms with Crippen LogP contribution >= 0.6 is 23.2 Å². The number of morpholine rings is 1. The lowest BCUT2D eigenvalue weighted by Gasteiger charge is -2.29. The molecule has 0 saturated carbocycles. The molecule has 2 aromatic carbocycles. The Bertz CT molecular complexity index is 1210. The molecule has 1 N–H and O–H groups in total. The number of anilines is 3. The van der Waals surface area contributed by atoms with Crippen molar-refractivity contribution in [1.29, 1.82) is 0 Å². The first kappa shape index (κ1) is 22.1. The number of benzene rings is 2. The van der Waals surface area contributed by atoms with Gasteiger partial charge in [-0.15, -0.1) is 0 Å². The number of hydrogen-bond donors (Lipinski definition) is 1. The van der Waals surface area contributed by atoms with E-state index in [1.54, 1.807) is 24.3 Å². The maximum Gasteiger partial charge on any atom is 0.345 e. The molecular formula is C21H18Cl2N4O5. The third-order valence-corrected chi connectivity index (χ3v) is 5.71. The molecule has 3 aromatic rings. The first-order chi connectivity index (χ1) is 15.4. The van der Waals surface area contributed by atoms with E-state index in [0.717, 1.165) is 0 Å². The number of hydrogen-bond acceptors (Lipinski definition) is 8. The van der Waals surface area contributed by atoms with Crippen molar-refractivity contribution < 1.29 is 19.2 Å². The highest BCUT2D eigenvalue weighted by Gasteiger charge is 2.29. The van der Waals surface area contributed by atoms with Gasteiger partial charge in [-0.2, -0.15) is 0 Å². The molecule has 0 amide bonds. The van der Waals surface area contributed by atoms with Crippen LogP contribution in [0.25, 0.3) is 10.9 Å². The maximum absolute atomic E-state index is 12.5. The lowest BCUT2D eigenvalue weighted by atomic mass is 10.1. The van der Waals surface area contributed by atoms with Crippen LogP contribution in [0.15, 0.2) is 36.5 Å². The number of fused-ring (bicyclic) bond motifs is 1. The van der Waals surface area contributed by atoms with Crippen molar-refractivity contribution in [2.75, 3.05) is 43.6 Å². The Morgan fingerprint density at radius 3 is 2.69 bits per heavy atom. The summed E-state index contributed by atoms with van der Waals surface area (Å²) in [5, 5.41) is 16.3. The summed E-state index contributed by atoms with van der Waals surface area (Å²) < 4.78 is 10.2. The van der Waals surface area contributed by atoms with Crippen molar-refractivity contribution in [3.05, 3.63) is 62.3 Å². The number of methoxy groups -OCH3 is 1. The number of nitrogens with zero attached hydrogens (tertiary/aromatic N) is 3. The lowest BCUT2D eigenvalue weighted by molar-refractivity contribution is -0.384. The number of pyridine rings is 1. The average Bonchev–Trinajstić information content (AvgIpc) is 2.80. The molecule has 9 nitrogen and oxygen atoms in total. The van der Waals surface area contributed by atoms with Gasteiger partial charge in [-0.3, -0.25) is 15.1 Å². The summed E-state index contributed by atoms with van der Waals surface area (Å²) in [6.45, 7) is 2.16. The van der Waals surface area contributed by atoms with Gasteiger partial charge in [0.25, 0.3) is 0 Å². The Morgan fingerprint density at radius 1 is 1.25 bits per heavy atom. The summed E-state index contributed by atoms with van der Waals surface area (Å²) in [5.74, 6) is -0.816. The van der Waals surface area contributed by atoms with Gasteiger partial charge in [0.05, 0.1) is 46.5 Å². The van der Waals surface area contributed by atoms with E-state index in [1.165, 1.54) is 19.4 Å². The van der Waals surface area contributed by atoms with E-state index in [0.29, 0.717) is 53.6 Å². The fraction of sp³-hybridized carbons (Fsp3) is 0.238. The van der Waals surface area contributed by atoms with Crippen LogP contribution in [0.4, 0.5) is 22.7 Å². The minimum Gasteiger partial charge on any atom is -0.465 e. The summed E-state index contributed by atoms with van der Waals surface area (Å²) in [7, 11) is 1.18. The van der Waals surface area contributed by atoms with E-state index in [4.69, 9.17) is 32.7 Å². The van der Waals surface area contributed by atoms with Crippen LogP contribution in [0.3, 0.4) is 0 Å². The molecule has 2 heterocycles. The smallest absolute Gasteiger partial charge is 0.345 e. The molecule has 0 unspecified atom stereocenters. The molecular weight excluding hydrogens is 459 g/mol. The van der Waals surface area contributed by atoms with Crippen molar-refractivity contribution in [2.24, 2.45) is 0 Å². The highest BCUT2D eigenvalue weighted by atomic mass is 35.5. The summed E-state index contributed by atoms with van der Waals surface area (Å²) in [6, 6.07) is 8.24. The third-order valence-electron chi connectivity index (χ3n) is 5.12. The minimum atomic E-state index is -0.816. The number of rotatable bonds is 5. The summed E-state index contributed by atoms with van der Waals surface area (Å²) in [4.78, 5) is 30.1.